The number of hydrogen-bond acceptors (Lipinski definition) is 2. The second kappa shape index (κ2) is 6.78. The van der Waals surface area contributed by atoms with E-state index in [4.69, 9.17) is 0 Å². The summed E-state index contributed by atoms with van der Waals surface area (Å²) in [6, 6.07) is 0. The summed E-state index contributed by atoms with van der Waals surface area (Å²) in [5, 5.41) is 0. The van der Waals surface area contributed by atoms with Gasteiger partial charge in [0, 0.05) is 0 Å². The van der Waals surface area contributed by atoms with Crippen molar-refractivity contribution in [2.75, 3.05) is 0 Å². The molecule has 0 rings (SSSR count). The summed E-state index contributed by atoms with van der Waals surface area (Å²) >= 11 is 0. The van der Waals surface area contributed by atoms with Crippen molar-refractivity contribution < 1.29 is 0 Å². The van der Waals surface area contributed by atoms with Crippen molar-refractivity contribution >= 4 is 0 Å². The fraction of sp³-hybridized carbons (Fsp3) is 0.750. The Labute approximate surface area is 64.9 Å². The van der Waals surface area contributed by atoms with Gasteiger partial charge in [-0.15, -0.1) is 0 Å². The third kappa shape index (κ3) is 5.79. The molecule has 0 unspecified atom stereocenters. The molecule has 0 atom stereocenters. The summed E-state index contributed by atoms with van der Waals surface area (Å²) in [4.78, 5) is 0. The van der Waals surface area contributed by atoms with Crippen LogP contribution in [0.5, 0.6) is 0 Å². The molecule has 64 valence electrons. The van der Waals surface area contributed by atoms with Crippen LogP contribution in [0.15, 0.2) is 12.2 Å². The first-order valence-electron chi connectivity index (χ1n) is 3.24. The van der Waals surface area contributed by atoms with Crippen LogP contribution >= 0.6 is 0 Å². The van der Waals surface area contributed by atoms with E-state index in [1.54, 1.807) is 0 Å². The van der Waals surface area contributed by atoms with Crippen molar-refractivity contribution in [3.05, 3.63) is 12.2 Å². The van der Waals surface area contributed by atoms with Crippen LogP contribution in [0, 0.1) is 11.8 Å². The lowest BCUT2D eigenvalue weighted by molar-refractivity contribution is 0.630. The summed E-state index contributed by atoms with van der Waals surface area (Å²) in [5.74, 6) is 1.30. The Morgan fingerprint density at radius 2 is 1.10 bits per heavy atom. The van der Waals surface area contributed by atoms with Crippen LogP contribution in [0.25, 0.3) is 0 Å². The van der Waals surface area contributed by atoms with Gasteiger partial charge in [-0.25, -0.2) is 0 Å². The first-order valence-corrected chi connectivity index (χ1v) is 3.24. The molecule has 0 saturated heterocycles. The lowest BCUT2D eigenvalue weighted by atomic mass is 9.95. The molecule has 0 bridgehead atoms. The van der Waals surface area contributed by atoms with Gasteiger partial charge >= 0.3 is 0 Å². The van der Waals surface area contributed by atoms with Gasteiger partial charge in [0.2, 0.25) is 0 Å². The fourth-order valence-corrected chi connectivity index (χ4v) is 0.667. The van der Waals surface area contributed by atoms with Crippen molar-refractivity contribution in [2.24, 2.45) is 11.8 Å². The molecule has 10 heavy (non-hydrogen) atoms. The molecule has 0 fully saturated rings. The molecular weight excluding hydrogens is 124 g/mol. The van der Waals surface area contributed by atoms with E-state index in [1.165, 1.54) is 5.57 Å². The number of rotatable bonds is 2. The van der Waals surface area contributed by atoms with E-state index < -0.39 is 0 Å². The maximum atomic E-state index is 3.95. The maximum absolute atomic E-state index is 3.95. The zero-order valence-electron chi connectivity index (χ0n) is 7.78. The second-order valence-corrected chi connectivity index (χ2v) is 2.88. The molecule has 0 aromatic heterocycles. The Morgan fingerprint density at radius 1 is 0.900 bits per heavy atom. The van der Waals surface area contributed by atoms with Crippen molar-refractivity contribution in [1.82, 2.24) is 12.3 Å². The van der Waals surface area contributed by atoms with E-state index >= 15 is 0 Å². The van der Waals surface area contributed by atoms with Crippen molar-refractivity contribution in [3.63, 3.8) is 0 Å². The zero-order valence-corrected chi connectivity index (χ0v) is 7.78. The molecule has 2 heteroatoms. The maximum Gasteiger partial charge on any atom is -0.0260 e. The average molecular weight is 146 g/mol. The SMILES string of the molecule is C=C(C(C)C)C(C)C.N.N. The highest BCUT2D eigenvalue weighted by molar-refractivity contribution is 4.99. The van der Waals surface area contributed by atoms with Crippen molar-refractivity contribution in [3.8, 4) is 0 Å². The number of allylic oxidation sites excluding steroid dienone is 1. The van der Waals surface area contributed by atoms with Gasteiger partial charge in [-0.3, -0.25) is 0 Å². The Balaban J connectivity index is -0.000000245. The van der Waals surface area contributed by atoms with Gasteiger partial charge in [0.15, 0.2) is 0 Å². The van der Waals surface area contributed by atoms with Crippen LogP contribution in [0.4, 0.5) is 0 Å². The lowest BCUT2D eigenvalue weighted by Gasteiger charge is -2.11. The topological polar surface area (TPSA) is 70.0 Å². The highest BCUT2D eigenvalue weighted by atomic mass is 14.1. The summed E-state index contributed by atoms with van der Waals surface area (Å²) < 4.78 is 0. The third-order valence-corrected chi connectivity index (χ3v) is 1.48. The predicted octanol–water partition coefficient (Wildman–Crippen LogP) is 3.18. The van der Waals surface area contributed by atoms with Crippen LogP contribution < -0.4 is 12.3 Å². The predicted molar refractivity (Wildman–Crippen MR) is 48.9 cm³/mol. The van der Waals surface area contributed by atoms with E-state index in [2.05, 4.69) is 34.3 Å². The molecule has 0 amide bonds. The minimum absolute atomic E-state index is 0. The van der Waals surface area contributed by atoms with Crippen molar-refractivity contribution in [1.29, 1.82) is 0 Å². The van der Waals surface area contributed by atoms with E-state index in [0.29, 0.717) is 11.8 Å². The zero-order chi connectivity index (χ0) is 6.73. The first-order chi connectivity index (χ1) is 3.55. The first kappa shape index (κ1) is 16.3. The van der Waals surface area contributed by atoms with Crippen LogP contribution in [-0.4, -0.2) is 0 Å². The summed E-state index contributed by atoms with van der Waals surface area (Å²) in [7, 11) is 0. The Bertz CT molecular complexity index is 75.3. The van der Waals surface area contributed by atoms with Gasteiger partial charge in [0.1, 0.15) is 0 Å². The molecule has 0 saturated carbocycles. The minimum atomic E-state index is 0. The average Bonchev–Trinajstić information content (AvgIpc) is 1.64. The molecule has 0 aliphatic carbocycles. The molecule has 0 aromatic carbocycles. The molecule has 0 heterocycles. The molecule has 0 aliphatic rings. The molecule has 6 N–H and O–H groups in total. The smallest absolute Gasteiger partial charge is 0.0260 e. The fourth-order valence-electron chi connectivity index (χ4n) is 0.667. The van der Waals surface area contributed by atoms with E-state index in [1.807, 2.05) is 0 Å². The minimum Gasteiger partial charge on any atom is -0.344 e. The normalized spacial score (nSPS) is 8.60. The third-order valence-electron chi connectivity index (χ3n) is 1.48. The van der Waals surface area contributed by atoms with Crippen LogP contribution in [-0.2, 0) is 0 Å². The standard InChI is InChI=1S/C8H16.2H3N/c1-6(2)8(5)7(3)4;;/h6-7H,5H2,1-4H3;2*1H3. The Hall–Kier alpha value is -0.340. The van der Waals surface area contributed by atoms with Crippen LogP contribution in [0.3, 0.4) is 0 Å². The van der Waals surface area contributed by atoms with Gasteiger partial charge in [0.05, 0.1) is 0 Å². The summed E-state index contributed by atoms with van der Waals surface area (Å²) in [6.45, 7) is 12.7. The molecular formula is C8H22N2. The molecule has 0 spiro atoms. The van der Waals surface area contributed by atoms with Gasteiger partial charge < -0.3 is 12.3 Å². The van der Waals surface area contributed by atoms with Gasteiger partial charge in [-0.05, 0) is 11.8 Å². The highest BCUT2D eigenvalue weighted by Gasteiger charge is 2.02. The van der Waals surface area contributed by atoms with Crippen LogP contribution in [0.1, 0.15) is 27.7 Å². The summed E-state index contributed by atoms with van der Waals surface area (Å²) in [6.07, 6.45) is 0. The molecule has 2 nitrogen and oxygen atoms in total. The molecule has 0 aromatic rings. The van der Waals surface area contributed by atoms with Crippen LogP contribution in [0.2, 0.25) is 0 Å². The van der Waals surface area contributed by atoms with Crippen molar-refractivity contribution in [2.45, 2.75) is 27.7 Å². The second-order valence-electron chi connectivity index (χ2n) is 2.88. The Morgan fingerprint density at radius 3 is 1.10 bits per heavy atom. The molecule has 0 radical (unpaired) electrons. The van der Waals surface area contributed by atoms with Gasteiger partial charge in [-0.2, -0.15) is 0 Å². The lowest BCUT2D eigenvalue weighted by Crippen LogP contribution is -1.99. The summed E-state index contributed by atoms with van der Waals surface area (Å²) in [5.41, 5.74) is 1.35. The van der Waals surface area contributed by atoms with E-state index in [9.17, 15) is 0 Å². The quantitative estimate of drug-likeness (QED) is 0.587. The number of hydrogen-bond donors (Lipinski definition) is 2. The van der Waals surface area contributed by atoms with Gasteiger partial charge in [-0.1, -0.05) is 39.8 Å². The highest BCUT2D eigenvalue weighted by Crippen LogP contribution is 2.15. The molecule has 0 aliphatic heterocycles. The Kier molecular flexibility index (Phi) is 11.1. The van der Waals surface area contributed by atoms with Gasteiger partial charge in [0.25, 0.3) is 0 Å². The van der Waals surface area contributed by atoms with E-state index in [0.717, 1.165) is 0 Å². The monoisotopic (exact) mass is 146 g/mol. The largest absolute Gasteiger partial charge is 0.344 e. The van der Waals surface area contributed by atoms with E-state index in [-0.39, 0.29) is 12.3 Å².